The van der Waals surface area contributed by atoms with Gasteiger partial charge in [0.15, 0.2) is 0 Å². The number of hydrogen-bond donors (Lipinski definition) is 2. The van der Waals surface area contributed by atoms with Crippen LogP contribution in [0.4, 0.5) is 0 Å². The number of likely N-dealkylation sites (tertiary alicyclic amines) is 1. The first-order chi connectivity index (χ1) is 8.79. The van der Waals surface area contributed by atoms with Gasteiger partial charge < -0.3 is 15.5 Å². The van der Waals surface area contributed by atoms with Gasteiger partial charge in [0.25, 0.3) is 0 Å². The number of nitrogens with zero attached hydrogens (tertiary/aromatic N) is 1. The Bertz CT molecular complexity index is 364. The van der Waals surface area contributed by atoms with Crippen LogP contribution >= 0.6 is 0 Å². The SMILES string of the molecule is NCCNC(=O)C1CCCN(Cc2ccco2)C1. The van der Waals surface area contributed by atoms with Crippen molar-refractivity contribution >= 4 is 5.91 Å². The fraction of sp³-hybridized carbons (Fsp3) is 0.615. The minimum Gasteiger partial charge on any atom is -0.468 e. The van der Waals surface area contributed by atoms with Gasteiger partial charge in [-0.3, -0.25) is 9.69 Å². The van der Waals surface area contributed by atoms with Crippen LogP contribution in [-0.2, 0) is 11.3 Å². The number of carbonyl (C=O) groups excluding carboxylic acids is 1. The smallest absolute Gasteiger partial charge is 0.224 e. The van der Waals surface area contributed by atoms with E-state index in [1.807, 2.05) is 12.1 Å². The molecule has 0 aliphatic carbocycles. The minimum absolute atomic E-state index is 0.0836. The number of piperidine rings is 1. The van der Waals surface area contributed by atoms with Gasteiger partial charge in [0, 0.05) is 19.6 Å². The quantitative estimate of drug-likeness (QED) is 0.802. The van der Waals surface area contributed by atoms with Gasteiger partial charge in [-0.25, -0.2) is 0 Å². The average molecular weight is 251 g/mol. The van der Waals surface area contributed by atoms with Crippen LogP contribution < -0.4 is 11.1 Å². The second-order valence-electron chi connectivity index (χ2n) is 4.73. The van der Waals surface area contributed by atoms with Crippen LogP contribution in [0.5, 0.6) is 0 Å². The molecule has 1 aliphatic rings. The first-order valence-corrected chi connectivity index (χ1v) is 6.52. The number of nitrogens with two attached hydrogens (primary N) is 1. The van der Waals surface area contributed by atoms with Crippen LogP contribution in [0.1, 0.15) is 18.6 Å². The first-order valence-electron chi connectivity index (χ1n) is 6.52. The Morgan fingerprint density at radius 2 is 2.50 bits per heavy atom. The number of carbonyl (C=O) groups is 1. The molecule has 1 unspecified atom stereocenters. The third kappa shape index (κ3) is 3.58. The van der Waals surface area contributed by atoms with Gasteiger partial charge in [-0.1, -0.05) is 0 Å². The van der Waals surface area contributed by atoms with Gasteiger partial charge in [-0.05, 0) is 31.5 Å². The molecule has 1 aromatic heterocycles. The molecule has 0 bridgehead atoms. The number of furan rings is 1. The van der Waals surface area contributed by atoms with Gasteiger partial charge >= 0.3 is 0 Å². The van der Waals surface area contributed by atoms with E-state index in [-0.39, 0.29) is 11.8 Å². The molecule has 5 heteroatoms. The molecule has 5 nitrogen and oxygen atoms in total. The topological polar surface area (TPSA) is 71.5 Å². The molecule has 1 aliphatic heterocycles. The van der Waals surface area contributed by atoms with E-state index in [1.165, 1.54) is 0 Å². The molecule has 0 saturated carbocycles. The van der Waals surface area contributed by atoms with Gasteiger partial charge in [0.1, 0.15) is 5.76 Å². The van der Waals surface area contributed by atoms with Crippen molar-refractivity contribution in [2.45, 2.75) is 19.4 Å². The van der Waals surface area contributed by atoms with E-state index in [0.717, 1.165) is 38.2 Å². The normalized spacial score (nSPS) is 20.8. The molecule has 0 spiro atoms. The highest BCUT2D eigenvalue weighted by atomic mass is 16.3. The van der Waals surface area contributed by atoms with Crippen LogP contribution in [-0.4, -0.2) is 37.0 Å². The van der Waals surface area contributed by atoms with E-state index in [0.29, 0.717) is 13.1 Å². The standard InChI is InChI=1S/C13H21N3O2/c14-5-6-15-13(17)11-3-1-7-16(9-11)10-12-4-2-8-18-12/h2,4,8,11H,1,3,5-7,9-10,14H2,(H,15,17). The summed E-state index contributed by atoms with van der Waals surface area (Å²) < 4.78 is 5.34. The van der Waals surface area contributed by atoms with E-state index in [4.69, 9.17) is 10.2 Å². The van der Waals surface area contributed by atoms with E-state index < -0.39 is 0 Å². The number of rotatable bonds is 5. The third-order valence-corrected chi connectivity index (χ3v) is 3.28. The lowest BCUT2D eigenvalue weighted by atomic mass is 9.97. The Morgan fingerprint density at radius 1 is 1.61 bits per heavy atom. The number of nitrogens with one attached hydrogen (secondary N) is 1. The van der Waals surface area contributed by atoms with Crippen molar-refractivity contribution in [1.82, 2.24) is 10.2 Å². The highest BCUT2D eigenvalue weighted by molar-refractivity contribution is 5.78. The molecule has 2 rings (SSSR count). The molecule has 100 valence electrons. The Balaban J connectivity index is 1.82. The fourth-order valence-corrected chi connectivity index (χ4v) is 2.38. The van der Waals surface area contributed by atoms with Crippen molar-refractivity contribution in [3.05, 3.63) is 24.2 Å². The number of amides is 1. The summed E-state index contributed by atoms with van der Waals surface area (Å²) in [7, 11) is 0. The number of hydrogen-bond acceptors (Lipinski definition) is 4. The average Bonchev–Trinajstić information content (AvgIpc) is 2.89. The molecule has 1 atom stereocenters. The van der Waals surface area contributed by atoms with Gasteiger partial charge in [-0.2, -0.15) is 0 Å². The van der Waals surface area contributed by atoms with Gasteiger partial charge in [0.2, 0.25) is 5.91 Å². The lowest BCUT2D eigenvalue weighted by Gasteiger charge is -2.31. The molecular formula is C13H21N3O2. The van der Waals surface area contributed by atoms with E-state index in [1.54, 1.807) is 6.26 Å². The van der Waals surface area contributed by atoms with Crippen molar-refractivity contribution in [2.75, 3.05) is 26.2 Å². The maximum absolute atomic E-state index is 11.9. The van der Waals surface area contributed by atoms with E-state index >= 15 is 0 Å². The van der Waals surface area contributed by atoms with Crippen LogP contribution in [0.15, 0.2) is 22.8 Å². The monoisotopic (exact) mass is 251 g/mol. The van der Waals surface area contributed by atoms with Gasteiger partial charge in [0.05, 0.1) is 18.7 Å². The molecular weight excluding hydrogens is 230 g/mol. The summed E-state index contributed by atoms with van der Waals surface area (Å²) in [5, 5.41) is 2.87. The van der Waals surface area contributed by atoms with Crippen molar-refractivity contribution in [2.24, 2.45) is 11.7 Å². The largest absolute Gasteiger partial charge is 0.468 e. The molecule has 1 saturated heterocycles. The third-order valence-electron chi connectivity index (χ3n) is 3.28. The zero-order valence-electron chi connectivity index (χ0n) is 10.6. The van der Waals surface area contributed by atoms with Crippen molar-refractivity contribution in [3.63, 3.8) is 0 Å². The molecule has 18 heavy (non-hydrogen) atoms. The summed E-state index contributed by atoms with van der Waals surface area (Å²) in [5.41, 5.74) is 5.39. The molecule has 1 aromatic rings. The van der Waals surface area contributed by atoms with Gasteiger partial charge in [-0.15, -0.1) is 0 Å². The van der Waals surface area contributed by atoms with Crippen molar-refractivity contribution in [1.29, 1.82) is 0 Å². The first kappa shape index (κ1) is 13.1. The lowest BCUT2D eigenvalue weighted by Crippen LogP contribution is -2.43. The van der Waals surface area contributed by atoms with E-state index in [9.17, 15) is 4.79 Å². The zero-order valence-corrected chi connectivity index (χ0v) is 10.6. The van der Waals surface area contributed by atoms with E-state index in [2.05, 4.69) is 10.2 Å². The second-order valence-corrected chi connectivity index (χ2v) is 4.73. The Kier molecular flexibility index (Phi) is 4.78. The van der Waals surface area contributed by atoms with Crippen LogP contribution in [0.25, 0.3) is 0 Å². The van der Waals surface area contributed by atoms with Crippen LogP contribution in [0.3, 0.4) is 0 Å². The summed E-state index contributed by atoms with van der Waals surface area (Å²) in [5.74, 6) is 1.17. The highest BCUT2D eigenvalue weighted by Gasteiger charge is 2.25. The summed E-state index contributed by atoms with van der Waals surface area (Å²) in [6.07, 6.45) is 3.71. The maximum Gasteiger partial charge on any atom is 0.224 e. The molecule has 1 amide bonds. The molecule has 0 aromatic carbocycles. The zero-order chi connectivity index (χ0) is 12.8. The maximum atomic E-state index is 11.9. The Morgan fingerprint density at radius 3 is 3.22 bits per heavy atom. The second kappa shape index (κ2) is 6.56. The minimum atomic E-state index is 0.0836. The summed E-state index contributed by atoms with van der Waals surface area (Å²) in [4.78, 5) is 14.2. The molecule has 2 heterocycles. The predicted molar refractivity (Wildman–Crippen MR) is 68.8 cm³/mol. The summed E-state index contributed by atoms with van der Waals surface area (Å²) >= 11 is 0. The molecule has 1 fully saturated rings. The Hall–Kier alpha value is -1.33. The molecule has 0 radical (unpaired) electrons. The summed E-state index contributed by atoms with van der Waals surface area (Å²) in [6, 6.07) is 3.86. The fourth-order valence-electron chi connectivity index (χ4n) is 2.38. The molecule has 3 N–H and O–H groups in total. The summed E-state index contributed by atoms with van der Waals surface area (Å²) in [6.45, 7) is 3.67. The van der Waals surface area contributed by atoms with Crippen molar-refractivity contribution in [3.8, 4) is 0 Å². The van der Waals surface area contributed by atoms with Crippen molar-refractivity contribution < 1.29 is 9.21 Å². The highest BCUT2D eigenvalue weighted by Crippen LogP contribution is 2.18. The van der Waals surface area contributed by atoms with Crippen LogP contribution in [0.2, 0.25) is 0 Å². The predicted octanol–water partition coefficient (Wildman–Crippen LogP) is 0.567. The Labute approximate surface area is 107 Å². The lowest BCUT2D eigenvalue weighted by molar-refractivity contribution is -0.126. The van der Waals surface area contributed by atoms with Crippen LogP contribution in [0, 0.1) is 5.92 Å².